The molecule has 3 atom stereocenters. The lowest BCUT2D eigenvalue weighted by atomic mass is 9.80. The van der Waals surface area contributed by atoms with E-state index in [1.807, 2.05) is 6.92 Å². The van der Waals surface area contributed by atoms with Gasteiger partial charge in [0.1, 0.15) is 0 Å². The molecule has 0 aliphatic heterocycles. The smallest absolute Gasteiger partial charge is 0.223 e. The second kappa shape index (κ2) is 8.64. The summed E-state index contributed by atoms with van der Waals surface area (Å²) in [6.07, 6.45) is 4.93. The van der Waals surface area contributed by atoms with Crippen LogP contribution in [0.5, 0.6) is 0 Å². The molecule has 5 rings (SSSR count). The van der Waals surface area contributed by atoms with Gasteiger partial charge >= 0.3 is 0 Å². The summed E-state index contributed by atoms with van der Waals surface area (Å²) >= 11 is 0. The van der Waals surface area contributed by atoms with Crippen molar-refractivity contribution in [2.24, 2.45) is 0 Å². The molecular weight excluding hydrogens is 382 g/mol. The van der Waals surface area contributed by atoms with Crippen molar-refractivity contribution in [1.29, 1.82) is 0 Å². The summed E-state index contributed by atoms with van der Waals surface area (Å²) in [5.41, 5.74) is 3.81. The molecule has 4 nitrogen and oxygen atoms in total. The maximum absolute atomic E-state index is 5.11. The first-order valence-electron chi connectivity index (χ1n) is 11.3. The Bertz CT molecular complexity index is 1160. The van der Waals surface area contributed by atoms with Crippen LogP contribution in [0, 0.1) is 6.92 Å². The van der Waals surface area contributed by atoms with E-state index in [-0.39, 0.29) is 0 Å². The first kappa shape index (κ1) is 20.0. The molecule has 0 radical (unpaired) electrons. The van der Waals surface area contributed by atoms with E-state index in [1.165, 1.54) is 47.6 Å². The van der Waals surface area contributed by atoms with Gasteiger partial charge in [-0.2, -0.15) is 4.98 Å². The SMILES string of the molecule is Cc1nc(-c2ccc([C@H]3CCC[C@H](N[C@H](C)c4cccc5ccccc45)C3)cc2)no1. The van der Waals surface area contributed by atoms with Crippen molar-refractivity contribution in [1.82, 2.24) is 15.5 Å². The Morgan fingerprint density at radius 3 is 2.58 bits per heavy atom. The number of fused-ring (bicyclic) bond motifs is 1. The molecule has 1 N–H and O–H groups in total. The van der Waals surface area contributed by atoms with E-state index < -0.39 is 0 Å². The summed E-state index contributed by atoms with van der Waals surface area (Å²) in [6.45, 7) is 4.12. The maximum Gasteiger partial charge on any atom is 0.223 e. The fourth-order valence-corrected chi connectivity index (χ4v) is 5.04. The van der Waals surface area contributed by atoms with Crippen molar-refractivity contribution < 1.29 is 4.52 Å². The Morgan fingerprint density at radius 2 is 1.77 bits per heavy atom. The van der Waals surface area contributed by atoms with Crippen LogP contribution in [0.3, 0.4) is 0 Å². The Labute approximate surface area is 183 Å². The molecule has 1 saturated carbocycles. The van der Waals surface area contributed by atoms with Crippen LogP contribution < -0.4 is 5.32 Å². The largest absolute Gasteiger partial charge is 0.339 e. The quantitative estimate of drug-likeness (QED) is 0.403. The zero-order chi connectivity index (χ0) is 21.2. The molecule has 158 valence electrons. The molecule has 0 unspecified atom stereocenters. The van der Waals surface area contributed by atoms with E-state index in [0.29, 0.717) is 29.7 Å². The highest BCUT2D eigenvalue weighted by Crippen LogP contribution is 2.35. The van der Waals surface area contributed by atoms with E-state index in [0.717, 1.165) is 5.56 Å². The van der Waals surface area contributed by atoms with Crippen molar-refractivity contribution >= 4 is 10.8 Å². The van der Waals surface area contributed by atoms with Gasteiger partial charge in [0.25, 0.3) is 0 Å². The van der Waals surface area contributed by atoms with Gasteiger partial charge in [-0.15, -0.1) is 0 Å². The van der Waals surface area contributed by atoms with Crippen molar-refractivity contribution in [2.75, 3.05) is 0 Å². The molecule has 1 fully saturated rings. The summed E-state index contributed by atoms with van der Waals surface area (Å²) < 4.78 is 5.11. The Balaban J connectivity index is 1.28. The number of nitrogens with one attached hydrogen (secondary N) is 1. The van der Waals surface area contributed by atoms with Crippen LogP contribution in [0.4, 0.5) is 0 Å². The molecular formula is C27H29N3O. The second-order valence-electron chi connectivity index (χ2n) is 8.78. The van der Waals surface area contributed by atoms with Crippen molar-refractivity contribution in [2.45, 2.75) is 57.5 Å². The normalized spacial score (nSPS) is 20.1. The van der Waals surface area contributed by atoms with Crippen LogP contribution in [0.15, 0.2) is 71.3 Å². The average molecular weight is 412 g/mol. The maximum atomic E-state index is 5.11. The highest BCUT2D eigenvalue weighted by atomic mass is 16.5. The van der Waals surface area contributed by atoms with Gasteiger partial charge in [-0.1, -0.05) is 78.3 Å². The highest BCUT2D eigenvalue weighted by molar-refractivity contribution is 5.86. The van der Waals surface area contributed by atoms with Crippen LogP contribution in [0.2, 0.25) is 0 Å². The predicted octanol–water partition coefficient (Wildman–Crippen LogP) is 6.58. The van der Waals surface area contributed by atoms with Gasteiger partial charge in [0.05, 0.1) is 0 Å². The molecule has 4 heteroatoms. The number of rotatable bonds is 5. The second-order valence-corrected chi connectivity index (χ2v) is 8.78. The summed E-state index contributed by atoms with van der Waals surface area (Å²) in [6, 6.07) is 24.9. The zero-order valence-corrected chi connectivity index (χ0v) is 18.2. The fraction of sp³-hybridized carbons (Fsp3) is 0.333. The van der Waals surface area contributed by atoms with E-state index >= 15 is 0 Å². The third kappa shape index (κ3) is 4.26. The van der Waals surface area contributed by atoms with Crippen molar-refractivity contribution in [3.8, 4) is 11.4 Å². The number of benzene rings is 3. The van der Waals surface area contributed by atoms with Crippen molar-refractivity contribution in [3.63, 3.8) is 0 Å². The third-order valence-electron chi connectivity index (χ3n) is 6.62. The molecule has 0 amide bonds. The number of aryl methyl sites for hydroxylation is 1. The summed E-state index contributed by atoms with van der Waals surface area (Å²) in [4.78, 5) is 4.33. The number of aromatic nitrogens is 2. The van der Waals surface area contributed by atoms with E-state index in [1.54, 1.807) is 0 Å². The van der Waals surface area contributed by atoms with Gasteiger partial charge in [0.15, 0.2) is 0 Å². The molecule has 1 aliphatic rings. The molecule has 1 aliphatic carbocycles. The standard InChI is InChI=1S/C27H29N3O/c1-18(25-12-6-8-21-7-3-4-11-26(21)25)28-24-10-5-9-23(17-24)20-13-15-22(16-14-20)27-29-19(2)31-30-27/h3-4,6-8,11-16,18,23-24,28H,5,9-10,17H2,1-2H3/t18-,23+,24+/m1/s1. The van der Waals surface area contributed by atoms with Gasteiger partial charge in [-0.05, 0) is 54.0 Å². The Kier molecular flexibility index (Phi) is 5.56. The van der Waals surface area contributed by atoms with Gasteiger partial charge < -0.3 is 9.84 Å². The predicted molar refractivity (Wildman–Crippen MR) is 125 cm³/mol. The van der Waals surface area contributed by atoms with Gasteiger partial charge in [0, 0.05) is 24.6 Å². The molecule has 1 aromatic heterocycles. The third-order valence-corrected chi connectivity index (χ3v) is 6.62. The van der Waals surface area contributed by atoms with Gasteiger partial charge in [0.2, 0.25) is 11.7 Å². The Hall–Kier alpha value is -2.98. The lowest BCUT2D eigenvalue weighted by Gasteiger charge is -2.32. The molecule has 4 aromatic rings. The van der Waals surface area contributed by atoms with Crippen LogP contribution in [-0.2, 0) is 0 Å². The first-order chi connectivity index (χ1) is 15.2. The van der Waals surface area contributed by atoms with Crippen LogP contribution in [0.1, 0.15) is 61.6 Å². The van der Waals surface area contributed by atoms with Crippen LogP contribution >= 0.6 is 0 Å². The molecule has 31 heavy (non-hydrogen) atoms. The molecule has 0 bridgehead atoms. The number of hydrogen-bond acceptors (Lipinski definition) is 4. The van der Waals surface area contributed by atoms with Gasteiger partial charge in [-0.3, -0.25) is 0 Å². The molecule has 3 aromatic carbocycles. The first-order valence-corrected chi connectivity index (χ1v) is 11.3. The fourth-order valence-electron chi connectivity index (χ4n) is 5.04. The lowest BCUT2D eigenvalue weighted by Crippen LogP contribution is -2.35. The van der Waals surface area contributed by atoms with Crippen LogP contribution in [-0.4, -0.2) is 16.2 Å². The molecule has 0 spiro atoms. The summed E-state index contributed by atoms with van der Waals surface area (Å²) in [5, 5.41) is 10.6. The van der Waals surface area contributed by atoms with E-state index in [2.05, 4.69) is 89.1 Å². The monoisotopic (exact) mass is 411 g/mol. The molecule has 0 saturated heterocycles. The average Bonchev–Trinajstić information content (AvgIpc) is 3.25. The minimum atomic E-state index is 0.332. The highest BCUT2D eigenvalue weighted by Gasteiger charge is 2.25. The van der Waals surface area contributed by atoms with E-state index in [9.17, 15) is 0 Å². The lowest BCUT2D eigenvalue weighted by molar-refractivity contribution is 0.319. The molecule has 1 heterocycles. The van der Waals surface area contributed by atoms with Crippen molar-refractivity contribution in [3.05, 3.63) is 83.7 Å². The van der Waals surface area contributed by atoms with E-state index in [4.69, 9.17) is 4.52 Å². The summed E-state index contributed by atoms with van der Waals surface area (Å²) in [5.74, 6) is 1.85. The van der Waals surface area contributed by atoms with Crippen LogP contribution in [0.25, 0.3) is 22.2 Å². The number of hydrogen-bond donors (Lipinski definition) is 1. The van der Waals surface area contributed by atoms with Gasteiger partial charge in [-0.25, -0.2) is 0 Å². The topological polar surface area (TPSA) is 51.0 Å². The number of nitrogens with zero attached hydrogens (tertiary/aromatic N) is 2. The summed E-state index contributed by atoms with van der Waals surface area (Å²) in [7, 11) is 0. The zero-order valence-electron chi connectivity index (χ0n) is 18.2. The minimum Gasteiger partial charge on any atom is -0.339 e. The Morgan fingerprint density at radius 1 is 0.968 bits per heavy atom. The minimum absolute atomic E-state index is 0.332.